The number of likely N-dealkylation sites (tertiary alicyclic amines) is 1. The predicted molar refractivity (Wildman–Crippen MR) is 60.1 cm³/mol. The maximum absolute atomic E-state index is 11.8. The van der Waals surface area contributed by atoms with E-state index in [1.807, 2.05) is 18.7 Å². The van der Waals surface area contributed by atoms with E-state index in [2.05, 4.69) is 0 Å². The Bertz CT molecular complexity index is 264. The van der Waals surface area contributed by atoms with Crippen molar-refractivity contribution in [3.63, 3.8) is 0 Å². The molecule has 0 saturated carbocycles. The molecule has 1 aliphatic heterocycles. The summed E-state index contributed by atoms with van der Waals surface area (Å²) < 4.78 is 0. The van der Waals surface area contributed by atoms with Gasteiger partial charge in [0.05, 0.1) is 12.5 Å². The molecular formula is C11H20N2O3. The summed E-state index contributed by atoms with van der Waals surface area (Å²) in [6.07, 6.45) is 0.654. The first-order valence-corrected chi connectivity index (χ1v) is 5.81. The molecule has 1 N–H and O–H groups in total. The summed E-state index contributed by atoms with van der Waals surface area (Å²) in [7, 11) is 0. The second kappa shape index (κ2) is 5.84. The maximum Gasteiger partial charge on any atom is 0.307 e. The Labute approximate surface area is 96.0 Å². The van der Waals surface area contributed by atoms with Gasteiger partial charge in [0.15, 0.2) is 0 Å². The number of rotatable bonds is 5. The van der Waals surface area contributed by atoms with Crippen molar-refractivity contribution in [2.45, 2.75) is 20.3 Å². The van der Waals surface area contributed by atoms with E-state index < -0.39 is 5.97 Å². The maximum atomic E-state index is 11.8. The number of carbonyl (C=O) groups is 2. The molecule has 0 unspecified atom stereocenters. The van der Waals surface area contributed by atoms with Gasteiger partial charge in [-0.3, -0.25) is 14.5 Å². The number of likely N-dealkylation sites (N-methyl/N-ethyl adjacent to an activating group) is 1. The highest BCUT2D eigenvalue weighted by Gasteiger charge is 2.29. The zero-order valence-electron chi connectivity index (χ0n) is 9.98. The average Bonchev–Trinajstić information content (AvgIpc) is 2.68. The molecule has 1 fully saturated rings. The summed E-state index contributed by atoms with van der Waals surface area (Å²) >= 11 is 0. The third kappa shape index (κ3) is 3.20. The lowest BCUT2D eigenvalue weighted by Crippen LogP contribution is -2.39. The van der Waals surface area contributed by atoms with Crippen LogP contribution in [-0.2, 0) is 9.59 Å². The van der Waals surface area contributed by atoms with Crippen LogP contribution in [0.4, 0.5) is 0 Å². The highest BCUT2D eigenvalue weighted by molar-refractivity contribution is 5.78. The second-order valence-corrected chi connectivity index (χ2v) is 4.12. The van der Waals surface area contributed by atoms with Crippen LogP contribution in [0.15, 0.2) is 0 Å². The normalized spacial score (nSPS) is 21.0. The standard InChI is InChI=1S/C11H20N2O3/c1-3-13(4-2)10(14)8-12-6-5-9(7-12)11(15)16/h9H,3-8H2,1-2H3,(H,15,16)/t9-/m0/s1. The monoisotopic (exact) mass is 228 g/mol. The minimum atomic E-state index is -0.752. The van der Waals surface area contributed by atoms with E-state index in [9.17, 15) is 9.59 Å². The van der Waals surface area contributed by atoms with Crippen molar-refractivity contribution in [2.75, 3.05) is 32.7 Å². The lowest BCUT2D eigenvalue weighted by atomic mass is 10.1. The van der Waals surface area contributed by atoms with Crippen molar-refractivity contribution in [3.05, 3.63) is 0 Å². The Morgan fingerprint density at radius 3 is 2.44 bits per heavy atom. The first kappa shape index (κ1) is 13.0. The molecule has 1 atom stereocenters. The number of carboxylic acids is 1. The summed E-state index contributed by atoms with van der Waals surface area (Å²) in [5.74, 6) is -0.960. The fraction of sp³-hybridized carbons (Fsp3) is 0.818. The van der Waals surface area contributed by atoms with E-state index in [0.717, 1.165) is 0 Å². The van der Waals surface area contributed by atoms with E-state index in [4.69, 9.17) is 5.11 Å². The van der Waals surface area contributed by atoms with E-state index in [-0.39, 0.29) is 11.8 Å². The summed E-state index contributed by atoms with van der Waals surface area (Å²) in [6, 6.07) is 0. The quantitative estimate of drug-likeness (QED) is 0.733. The Hall–Kier alpha value is -1.10. The first-order valence-electron chi connectivity index (χ1n) is 5.81. The Kier molecular flexibility index (Phi) is 4.73. The smallest absolute Gasteiger partial charge is 0.307 e. The topological polar surface area (TPSA) is 60.9 Å². The highest BCUT2D eigenvalue weighted by atomic mass is 16.4. The number of hydrogen-bond donors (Lipinski definition) is 1. The molecule has 92 valence electrons. The molecule has 0 aliphatic carbocycles. The minimum absolute atomic E-state index is 0.0936. The van der Waals surface area contributed by atoms with Crippen LogP contribution in [0.5, 0.6) is 0 Å². The highest BCUT2D eigenvalue weighted by Crippen LogP contribution is 2.15. The van der Waals surface area contributed by atoms with Crippen molar-refractivity contribution in [1.29, 1.82) is 0 Å². The number of nitrogens with zero attached hydrogens (tertiary/aromatic N) is 2. The van der Waals surface area contributed by atoms with Crippen LogP contribution in [0.3, 0.4) is 0 Å². The van der Waals surface area contributed by atoms with E-state index in [1.165, 1.54) is 0 Å². The molecule has 0 spiro atoms. The van der Waals surface area contributed by atoms with Gasteiger partial charge in [0.1, 0.15) is 0 Å². The third-order valence-corrected chi connectivity index (χ3v) is 3.10. The van der Waals surface area contributed by atoms with E-state index >= 15 is 0 Å². The number of amides is 1. The molecule has 5 heteroatoms. The number of carbonyl (C=O) groups excluding carboxylic acids is 1. The largest absolute Gasteiger partial charge is 0.481 e. The molecule has 0 aromatic heterocycles. The van der Waals surface area contributed by atoms with Crippen molar-refractivity contribution < 1.29 is 14.7 Å². The van der Waals surface area contributed by atoms with Crippen LogP contribution in [-0.4, -0.2) is 59.5 Å². The Morgan fingerprint density at radius 1 is 1.38 bits per heavy atom. The van der Waals surface area contributed by atoms with Crippen molar-refractivity contribution in [1.82, 2.24) is 9.80 Å². The van der Waals surface area contributed by atoms with Gasteiger partial charge in [-0.15, -0.1) is 0 Å². The second-order valence-electron chi connectivity index (χ2n) is 4.12. The van der Waals surface area contributed by atoms with Gasteiger partial charge in [0, 0.05) is 19.6 Å². The van der Waals surface area contributed by atoms with Crippen molar-refractivity contribution in [3.8, 4) is 0 Å². The molecule has 1 heterocycles. The lowest BCUT2D eigenvalue weighted by Gasteiger charge is -2.22. The van der Waals surface area contributed by atoms with Gasteiger partial charge < -0.3 is 10.0 Å². The summed E-state index contributed by atoms with van der Waals surface area (Å²) in [5, 5.41) is 8.84. The average molecular weight is 228 g/mol. The minimum Gasteiger partial charge on any atom is -0.481 e. The Morgan fingerprint density at radius 2 is 2.00 bits per heavy atom. The lowest BCUT2D eigenvalue weighted by molar-refractivity contribution is -0.141. The van der Waals surface area contributed by atoms with Gasteiger partial charge in [-0.1, -0.05) is 0 Å². The molecule has 0 aromatic rings. The van der Waals surface area contributed by atoms with Crippen LogP contribution in [0.2, 0.25) is 0 Å². The SMILES string of the molecule is CCN(CC)C(=O)CN1CC[C@H](C(=O)O)C1. The third-order valence-electron chi connectivity index (χ3n) is 3.10. The van der Waals surface area contributed by atoms with E-state index in [0.29, 0.717) is 39.1 Å². The van der Waals surface area contributed by atoms with Crippen LogP contribution in [0.1, 0.15) is 20.3 Å². The van der Waals surface area contributed by atoms with E-state index in [1.54, 1.807) is 4.90 Å². The molecule has 0 aromatic carbocycles. The molecule has 1 aliphatic rings. The first-order chi connectivity index (χ1) is 7.58. The van der Waals surface area contributed by atoms with Crippen LogP contribution in [0, 0.1) is 5.92 Å². The van der Waals surface area contributed by atoms with Crippen molar-refractivity contribution in [2.24, 2.45) is 5.92 Å². The summed E-state index contributed by atoms with van der Waals surface area (Å²) in [5.41, 5.74) is 0. The molecule has 1 amide bonds. The Balaban J connectivity index is 2.39. The van der Waals surface area contributed by atoms with Gasteiger partial charge in [0.2, 0.25) is 5.91 Å². The zero-order chi connectivity index (χ0) is 12.1. The molecular weight excluding hydrogens is 208 g/mol. The van der Waals surface area contributed by atoms with Gasteiger partial charge in [-0.25, -0.2) is 0 Å². The number of aliphatic carboxylic acids is 1. The molecule has 16 heavy (non-hydrogen) atoms. The van der Waals surface area contributed by atoms with Gasteiger partial charge >= 0.3 is 5.97 Å². The molecule has 0 radical (unpaired) electrons. The van der Waals surface area contributed by atoms with Crippen molar-refractivity contribution >= 4 is 11.9 Å². The predicted octanol–water partition coefficient (Wildman–Crippen LogP) is 0.261. The fourth-order valence-corrected chi connectivity index (χ4v) is 2.05. The van der Waals surface area contributed by atoms with Crippen LogP contribution in [0.25, 0.3) is 0 Å². The summed E-state index contributed by atoms with van der Waals surface area (Å²) in [4.78, 5) is 26.2. The van der Waals surface area contributed by atoms with Crippen LogP contribution >= 0.6 is 0 Å². The summed E-state index contributed by atoms with van der Waals surface area (Å²) in [6.45, 7) is 6.89. The number of hydrogen-bond acceptors (Lipinski definition) is 3. The van der Waals surface area contributed by atoms with Crippen LogP contribution < -0.4 is 0 Å². The molecule has 1 rings (SSSR count). The van der Waals surface area contributed by atoms with Gasteiger partial charge in [-0.2, -0.15) is 0 Å². The zero-order valence-corrected chi connectivity index (χ0v) is 9.98. The molecule has 0 bridgehead atoms. The van der Waals surface area contributed by atoms with Gasteiger partial charge in [-0.05, 0) is 26.8 Å². The molecule has 1 saturated heterocycles. The number of carboxylic acid groups (broad SMARTS) is 1. The molecule has 5 nitrogen and oxygen atoms in total. The van der Waals surface area contributed by atoms with Gasteiger partial charge in [0.25, 0.3) is 0 Å². The fourth-order valence-electron chi connectivity index (χ4n) is 2.05.